The minimum Gasteiger partial charge on any atom is -0.392 e. The van der Waals surface area contributed by atoms with Crippen molar-refractivity contribution in [2.24, 2.45) is 11.8 Å². The molecule has 0 unspecified atom stereocenters. The smallest absolute Gasteiger partial charge is 0.123 e. The van der Waals surface area contributed by atoms with Crippen molar-refractivity contribution in [2.75, 3.05) is 0 Å². The number of aliphatic hydroxyl groups excluding tert-OH is 1. The zero-order chi connectivity index (χ0) is 12.1. The van der Waals surface area contributed by atoms with E-state index in [9.17, 15) is 9.50 Å². The summed E-state index contributed by atoms with van der Waals surface area (Å²) in [5.41, 5.74) is 1.02. The van der Waals surface area contributed by atoms with Crippen molar-refractivity contribution in [1.82, 2.24) is 0 Å². The Labute approximate surface area is 96.6 Å². The molecule has 16 heavy (non-hydrogen) atoms. The third-order valence-electron chi connectivity index (χ3n) is 2.81. The summed E-state index contributed by atoms with van der Waals surface area (Å²) >= 11 is 0. The van der Waals surface area contributed by atoms with Crippen molar-refractivity contribution in [3.63, 3.8) is 0 Å². The molecule has 0 heterocycles. The quantitative estimate of drug-likeness (QED) is 0.759. The van der Waals surface area contributed by atoms with E-state index in [1.807, 2.05) is 13.8 Å². The van der Waals surface area contributed by atoms with Gasteiger partial charge in [0.05, 0.1) is 6.10 Å². The highest BCUT2D eigenvalue weighted by Crippen LogP contribution is 2.19. The van der Waals surface area contributed by atoms with Crippen LogP contribution in [0.1, 0.15) is 19.4 Å². The molecule has 2 heteroatoms. The molecule has 1 N–H and O–H groups in total. The van der Waals surface area contributed by atoms with Crippen molar-refractivity contribution in [1.29, 1.82) is 0 Å². The molecular weight excluding hydrogens is 203 g/mol. The van der Waals surface area contributed by atoms with Crippen molar-refractivity contribution in [3.8, 4) is 0 Å². The van der Waals surface area contributed by atoms with Crippen LogP contribution < -0.4 is 0 Å². The van der Waals surface area contributed by atoms with Crippen LogP contribution in [0.2, 0.25) is 0 Å². The number of halogens is 1. The third kappa shape index (κ3) is 3.46. The molecule has 1 nitrogen and oxygen atoms in total. The fourth-order valence-electron chi connectivity index (χ4n) is 1.73. The molecule has 0 aliphatic carbocycles. The first kappa shape index (κ1) is 12.9. The summed E-state index contributed by atoms with van der Waals surface area (Å²) in [6.45, 7) is 7.70. The van der Waals surface area contributed by atoms with E-state index in [1.54, 1.807) is 18.2 Å². The predicted octanol–water partition coefficient (Wildman–Crippen LogP) is 3.19. The number of aliphatic hydroxyl groups is 1. The minimum absolute atomic E-state index is 0.0189. The average molecular weight is 222 g/mol. The van der Waals surface area contributed by atoms with Gasteiger partial charge in [-0.3, -0.25) is 0 Å². The minimum atomic E-state index is -0.400. The number of benzene rings is 1. The molecule has 0 spiro atoms. The summed E-state index contributed by atoms with van der Waals surface area (Å²) in [4.78, 5) is 0. The molecule has 0 bridgehead atoms. The molecule has 88 valence electrons. The molecule has 0 saturated heterocycles. The summed E-state index contributed by atoms with van der Waals surface area (Å²) in [6.07, 6.45) is 2.07. The van der Waals surface area contributed by atoms with Gasteiger partial charge in [0.25, 0.3) is 0 Å². The monoisotopic (exact) mass is 222 g/mol. The molecule has 0 fully saturated rings. The highest BCUT2D eigenvalue weighted by Gasteiger charge is 2.19. The second-order valence-corrected chi connectivity index (χ2v) is 4.46. The van der Waals surface area contributed by atoms with Gasteiger partial charge in [-0.05, 0) is 30.0 Å². The summed E-state index contributed by atoms with van der Waals surface area (Å²) in [6, 6.07) is 6.38. The lowest BCUT2D eigenvalue weighted by Gasteiger charge is -2.22. The molecule has 2 atom stereocenters. The van der Waals surface area contributed by atoms with E-state index < -0.39 is 6.10 Å². The maximum Gasteiger partial charge on any atom is 0.123 e. The predicted molar refractivity (Wildman–Crippen MR) is 64.6 cm³/mol. The van der Waals surface area contributed by atoms with E-state index in [2.05, 4.69) is 6.58 Å². The normalized spacial score (nSPS) is 14.8. The van der Waals surface area contributed by atoms with Crippen molar-refractivity contribution in [2.45, 2.75) is 26.4 Å². The standard InChI is InChI=1S/C14H19FO/c1-4-12(14(16)10(2)3)9-11-5-7-13(15)8-6-11/h4-8,10,12,14,16H,1,9H2,2-3H3/t12-,14+/m1/s1. The fourth-order valence-corrected chi connectivity index (χ4v) is 1.73. The number of rotatable bonds is 5. The highest BCUT2D eigenvalue weighted by molar-refractivity contribution is 5.17. The summed E-state index contributed by atoms with van der Waals surface area (Å²) in [7, 11) is 0. The Hall–Kier alpha value is -1.15. The Morgan fingerprint density at radius 1 is 1.31 bits per heavy atom. The molecular formula is C14H19FO. The number of hydrogen-bond acceptors (Lipinski definition) is 1. The first-order valence-corrected chi connectivity index (χ1v) is 5.59. The van der Waals surface area contributed by atoms with Crippen LogP contribution in [0.3, 0.4) is 0 Å². The van der Waals surface area contributed by atoms with E-state index in [0.29, 0.717) is 6.42 Å². The maximum absolute atomic E-state index is 12.7. The van der Waals surface area contributed by atoms with Crippen LogP contribution in [0.25, 0.3) is 0 Å². The molecule has 0 aromatic heterocycles. The molecule has 1 rings (SSSR count). The second-order valence-electron chi connectivity index (χ2n) is 4.46. The van der Waals surface area contributed by atoms with Gasteiger partial charge in [0.15, 0.2) is 0 Å². The van der Waals surface area contributed by atoms with Gasteiger partial charge >= 0.3 is 0 Å². The first-order valence-electron chi connectivity index (χ1n) is 5.59. The largest absolute Gasteiger partial charge is 0.392 e. The Morgan fingerprint density at radius 3 is 2.31 bits per heavy atom. The van der Waals surface area contributed by atoms with Crippen LogP contribution in [-0.4, -0.2) is 11.2 Å². The summed E-state index contributed by atoms with van der Waals surface area (Å²) in [5.74, 6) is -0.0165. The Morgan fingerprint density at radius 2 is 1.88 bits per heavy atom. The topological polar surface area (TPSA) is 20.2 Å². The Bertz CT molecular complexity index is 329. The van der Waals surface area contributed by atoms with Gasteiger partial charge < -0.3 is 5.11 Å². The van der Waals surface area contributed by atoms with Gasteiger partial charge in [0.2, 0.25) is 0 Å². The zero-order valence-corrected chi connectivity index (χ0v) is 9.86. The zero-order valence-electron chi connectivity index (χ0n) is 9.86. The highest BCUT2D eigenvalue weighted by atomic mass is 19.1. The average Bonchev–Trinajstić information content (AvgIpc) is 2.27. The molecule has 0 aliphatic rings. The fraction of sp³-hybridized carbons (Fsp3) is 0.429. The Balaban J connectivity index is 2.70. The van der Waals surface area contributed by atoms with Gasteiger partial charge in [-0.25, -0.2) is 4.39 Å². The van der Waals surface area contributed by atoms with Crippen LogP contribution >= 0.6 is 0 Å². The lowest BCUT2D eigenvalue weighted by molar-refractivity contribution is 0.0843. The van der Waals surface area contributed by atoms with E-state index in [-0.39, 0.29) is 17.7 Å². The van der Waals surface area contributed by atoms with Gasteiger partial charge in [-0.2, -0.15) is 0 Å². The lowest BCUT2D eigenvalue weighted by Crippen LogP contribution is -2.26. The second kappa shape index (κ2) is 5.80. The molecule has 1 aromatic rings. The molecule has 0 aliphatic heterocycles. The van der Waals surface area contributed by atoms with E-state index in [4.69, 9.17) is 0 Å². The SMILES string of the molecule is C=C[C@H](Cc1ccc(F)cc1)[C@@H](O)C(C)C. The molecule has 1 aromatic carbocycles. The number of hydrogen-bond donors (Lipinski definition) is 1. The van der Waals surface area contributed by atoms with Crippen LogP contribution in [-0.2, 0) is 6.42 Å². The van der Waals surface area contributed by atoms with Crippen molar-refractivity contribution in [3.05, 3.63) is 48.3 Å². The summed E-state index contributed by atoms with van der Waals surface area (Å²) < 4.78 is 12.7. The lowest BCUT2D eigenvalue weighted by atomic mass is 9.88. The van der Waals surface area contributed by atoms with Crippen molar-refractivity contribution >= 4 is 0 Å². The Kier molecular flexibility index (Phi) is 4.69. The van der Waals surface area contributed by atoms with Crippen molar-refractivity contribution < 1.29 is 9.50 Å². The van der Waals surface area contributed by atoms with Crippen LogP contribution in [0.15, 0.2) is 36.9 Å². The van der Waals surface area contributed by atoms with E-state index >= 15 is 0 Å². The van der Waals surface area contributed by atoms with Gasteiger partial charge in [-0.15, -0.1) is 6.58 Å². The molecule has 0 saturated carbocycles. The summed E-state index contributed by atoms with van der Waals surface area (Å²) in [5, 5.41) is 9.96. The van der Waals surface area contributed by atoms with Gasteiger partial charge in [0.1, 0.15) is 5.82 Å². The third-order valence-corrected chi connectivity index (χ3v) is 2.81. The van der Waals surface area contributed by atoms with E-state index in [1.165, 1.54) is 12.1 Å². The van der Waals surface area contributed by atoms with Gasteiger partial charge in [0, 0.05) is 5.92 Å². The van der Waals surface area contributed by atoms with Crippen LogP contribution in [0, 0.1) is 17.7 Å². The first-order chi connectivity index (χ1) is 7.54. The van der Waals surface area contributed by atoms with E-state index in [0.717, 1.165) is 5.56 Å². The van der Waals surface area contributed by atoms with Crippen LogP contribution in [0.4, 0.5) is 4.39 Å². The molecule has 0 radical (unpaired) electrons. The molecule has 0 amide bonds. The van der Waals surface area contributed by atoms with Gasteiger partial charge in [-0.1, -0.05) is 32.1 Å². The van der Waals surface area contributed by atoms with Crippen LogP contribution in [0.5, 0.6) is 0 Å². The maximum atomic E-state index is 12.7.